The highest BCUT2D eigenvalue weighted by atomic mass is 16.1. The van der Waals surface area contributed by atoms with E-state index in [9.17, 15) is 4.79 Å². The molecule has 1 aromatic heterocycles. The molecule has 1 aromatic rings. The van der Waals surface area contributed by atoms with Crippen LogP contribution in [-0.2, 0) is 7.05 Å². The number of Topliss-reactive ketones (excluding diaryl/α,β-unsaturated/α-hetero) is 1. The summed E-state index contributed by atoms with van der Waals surface area (Å²) in [4.78, 5) is 11.3. The predicted octanol–water partition coefficient (Wildman–Crippen LogP) is 0.825. The van der Waals surface area contributed by atoms with Crippen LogP contribution in [0.15, 0.2) is 6.20 Å². The van der Waals surface area contributed by atoms with Crippen LogP contribution in [0.2, 0.25) is 0 Å². The summed E-state index contributed by atoms with van der Waals surface area (Å²) in [5.41, 5.74) is 1.34. The number of aryl methyl sites for hydroxylation is 2. The molecule has 0 radical (unpaired) electrons. The summed E-state index contributed by atoms with van der Waals surface area (Å²) in [6, 6.07) is 1.82. The van der Waals surface area contributed by atoms with E-state index >= 15 is 0 Å². The van der Waals surface area contributed by atoms with Crippen LogP contribution in [-0.4, -0.2) is 15.6 Å². The van der Waals surface area contributed by atoms with E-state index in [0.29, 0.717) is 5.69 Å². The van der Waals surface area contributed by atoms with E-state index in [1.54, 1.807) is 20.2 Å². The van der Waals surface area contributed by atoms with Gasteiger partial charge in [-0.1, -0.05) is 0 Å². The van der Waals surface area contributed by atoms with Crippen LogP contribution in [0.1, 0.15) is 22.5 Å². The molecule has 0 amide bonds. The molecule has 0 bridgehead atoms. The Labute approximate surface area is 70.4 Å². The molecule has 0 fully saturated rings. The van der Waals surface area contributed by atoms with Crippen molar-refractivity contribution in [1.82, 2.24) is 9.78 Å². The average molecular weight is 163 g/mol. The Morgan fingerprint density at radius 2 is 2.50 bits per heavy atom. The highest BCUT2D eigenvalue weighted by Crippen LogP contribution is 2.07. The number of aromatic nitrogens is 2. The second-order valence-corrected chi connectivity index (χ2v) is 2.56. The van der Waals surface area contributed by atoms with E-state index in [1.807, 2.05) is 6.07 Å². The molecule has 0 aromatic carbocycles. The van der Waals surface area contributed by atoms with Crippen molar-refractivity contribution in [2.45, 2.75) is 13.3 Å². The van der Waals surface area contributed by atoms with Gasteiger partial charge in [0.05, 0.1) is 12.3 Å². The van der Waals surface area contributed by atoms with Crippen LogP contribution in [0.4, 0.5) is 0 Å². The van der Waals surface area contributed by atoms with Crippen molar-refractivity contribution in [3.05, 3.63) is 17.5 Å². The van der Waals surface area contributed by atoms with E-state index < -0.39 is 0 Å². The van der Waals surface area contributed by atoms with Crippen LogP contribution in [0.5, 0.6) is 0 Å². The maximum atomic E-state index is 11.3. The molecule has 4 heteroatoms. The van der Waals surface area contributed by atoms with E-state index in [-0.39, 0.29) is 12.2 Å². The van der Waals surface area contributed by atoms with Gasteiger partial charge < -0.3 is 0 Å². The first-order valence-corrected chi connectivity index (χ1v) is 3.55. The lowest BCUT2D eigenvalue weighted by molar-refractivity contribution is 0.0988. The maximum absolute atomic E-state index is 11.3. The molecule has 0 aliphatic heterocycles. The molecular weight excluding hydrogens is 154 g/mol. The molecule has 12 heavy (non-hydrogen) atoms. The van der Waals surface area contributed by atoms with Crippen LogP contribution < -0.4 is 0 Å². The van der Waals surface area contributed by atoms with Gasteiger partial charge in [0.15, 0.2) is 5.78 Å². The molecule has 0 unspecified atom stereocenters. The number of carbonyl (C=O) groups excluding carboxylic acids is 1. The topological polar surface area (TPSA) is 58.7 Å². The Balaban J connectivity index is 3.03. The lowest BCUT2D eigenvalue weighted by atomic mass is 10.1. The number of ketones is 1. The first-order chi connectivity index (χ1) is 5.66. The van der Waals surface area contributed by atoms with Gasteiger partial charge in [0, 0.05) is 7.05 Å². The summed E-state index contributed by atoms with van der Waals surface area (Å²) >= 11 is 0. The smallest absolute Gasteiger partial charge is 0.195 e. The van der Waals surface area contributed by atoms with Crippen molar-refractivity contribution in [3.63, 3.8) is 0 Å². The van der Waals surface area contributed by atoms with Gasteiger partial charge in [-0.05, 0) is 12.5 Å². The van der Waals surface area contributed by atoms with Crippen LogP contribution >= 0.6 is 0 Å². The maximum Gasteiger partial charge on any atom is 0.195 e. The second-order valence-electron chi connectivity index (χ2n) is 2.56. The summed E-state index contributed by atoms with van der Waals surface area (Å²) in [5, 5.41) is 12.2. The molecule has 0 spiro atoms. The third kappa shape index (κ3) is 1.35. The number of hydrogen-bond donors (Lipinski definition) is 0. The van der Waals surface area contributed by atoms with Crippen molar-refractivity contribution in [2.24, 2.45) is 7.05 Å². The minimum atomic E-state index is -0.171. The fourth-order valence-electron chi connectivity index (χ4n) is 1.10. The van der Waals surface area contributed by atoms with Crippen LogP contribution in [0.3, 0.4) is 0 Å². The third-order valence-electron chi connectivity index (χ3n) is 1.63. The van der Waals surface area contributed by atoms with E-state index in [1.165, 1.54) is 4.68 Å². The monoisotopic (exact) mass is 163 g/mol. The van der Waals surface area contributed by atoms with Crippen LogP contribution in [0.25, 0.3) is 0 Å². The fourth-order valence-corrected chi connectivity index (χ4v) is 1.10. The zero-order valence-corrected chi connectivity index (χ0v) is 7.03. The number of nitrogens with zero attached hydrogens (tertiary/aromatic N) is 3. The summed E-state index contributed by atoms with van der Waals surface area (Å²) in [6.45, 7) is 1.80. The summed E-state index contributed by atoms with van der Waals surface area (Å²) in [6.07, 6.45) is 1.53. The zero-order valence-electron chi connectivity index (χ0n) is 7.03. The molecule has 0 aliphatic rings. The Kier molecular flexibility index (Phi) is 2.24. The van der Waals surface area contributed by atoms with Crippen molar-refractivity contribution in [2.75, 3.05) is 0 Å². The Bertz CT molecular complexity index is 326. The lowest BCUT2D eigenvalue weighted by Crippen LogP contribution is -2.07. The van der Waals surface area contributed by atoms with Crippen LogP contribution in [0, 0.1) is 18.3 Å². The van der Waals surface area contributed by atoms with Crippen molar-refractivity contribution >= 4 is 5.78 Å². The van der Waals surface area contributed by atoms with E-state index in [4.69, 9.17) is 5.26 Å². The number of hydrogen-bond acceptors (Lipinski definition) is 3. The first kappa shape index (κ1) is 8.47. The quantitative estimate of drug-likeness (QED) is 0.606. The molecule has 0 atom stereocenters. The number of carbonyl (C=O) groups is 1. The molecular formula is C8H9N3O. The van der Waals surface area contributed by atoms with E-state index in [0.717, 1.165) is 5.56 Å². The van der Waals surface area contributed by atoms with Gasteiger partial charge in [-0.2, -0.15) is 10.4 Å². The summed E-state index contributed by atoms with van der Waals surface area (Å²) < 4.78 is 1.50. The van der Waals surface area contributed by atoms with E-state index in [2.05, 4.69) is 5.10 Å². The number of nitriles is 1. The molecule has 0 N–H and O–H groups in total. The van der Waals surface area contributed by atoms with Gasteiger partial charge in [0.1, 0.15) is 12.1 Å². The fraction of sp³-hybridized carbons (Fsp3) is 0.375. The van der Waals surface area contributed by atoms with Gasteiger partial charge in [-0.3, -0.25) is 9.48 Å². The Hall–Kier alpha value is -1.63. The Morgan fingerprint density at radius 1 is 1.83 bits per heavy atom. The number of rotatable bonds is 2. The predicted molar refractivity (Wildman–Crippen MR) is 42.5 cm³/mol. The third-order valence-corrected chi connectivity index (χ3v) is 1.63. The minimum Gasteiger partial charge on any atom is -0.291 e. The molecule has 1 heterocycles. The van der Waals surface area contributed by atoms with Crippen molar-refractivity contribution < 1.29 is 4.79 Å². The molecule has 0 saturated heterocycles. The zero-order chi connectivity index (χ0) is 9.14. The van der Waals surface area contributed by atoms with Crippen molar-refractivity contribution in [3.8, 4) is 6.07 Å². The largest absolute Gasteiger partial charge is 0.291 e. The Morgan fingerprint density at radius 3 is 2.92 bits per heavy atom. The van der Waals surface area contributed by atoms with Gasteiger partial charge in [-0.25, -0.2) is 0 Å². The highest BCUT2D eigenvalue weighted by molar-refractivity contribution is 5.96. The molecule has 1 rings (SSSR count). The molecule has 4 nitrogen and oxygen atoms in total. The standard InChI is InChI=1S/C8H9N3O/c1-6-5-10-11(2)8(6)7(12)3-4-9/h5H,3H2,1-2H3. The second kappa shape index (κ2) is 3.18. The SMILES string of the molecule is Cc1cnn(C)c1C(=O)CC#N. The molecule has 62 valence electrons. The van der Waals surface area contributed by atoms with Crippen molar-refractivity contribution in [1.29, 1.82) is 5.26 Å². The molecule has 0 aliphatic carbocycles. The lowest BCUT2D eigenvalue weighted by Gasteiger charge is -1.97. The van der Waals surface area contributed by atoms with Gasteiger partial charge in [0.25, 0.3) is 0 Å². The van der Waals surface area contributed by atoms with Gasteiger partial charge in [-0.15, -0.1) is 0 Å². The minimum absolute atomic E-state index is 0.0830. The first-order valence-electron chi connectivity index (χ1n) is 3.55. The van der Waals surface area contributed by atoms with Gasteiger partial charge in [0.2, 0.25) is 0 Å². The summed E-state index contributed by atoms with van der Waals surface area (Å²) in [7, 11) is 1.69. The highest BCUT2D eigenvalue weighted by Gasteiger charge is 2.12. The molecule has 0 saturated carbocycles. The van der Waals surface area contributed by atoms with Gasteiger partial charge >= 0.3 is 0 Å². The summed E-state index contributed by atoms with van der Waals surface area (Å²) in [5.74, 6) is -0.171. The average Bonchev–Trinajstić information content (AvgIpc) is 2.32. The normalized spacial score (nSPS) is 9.42.